The van der Waals surface area contributed by atoms with E-state index in [9.17, 15) is 17.6 Å². The molecule has 32 heavy (non-hydrogen) atoms. The van der Waals surface area contributed by atoms with Crippen molar-refractivity contribution in [1.29, 1.82) is 0 Å². The Morgan fingerprint density at radius 1 is 1.00 bits per heavy atom. The minimum Gasteiger partial charge on any atom is -0.351 e. The van der Waals surface area contributed by atoms with Crippen molar-refractivity contribution in [3.63, 3.8) is 0 Å². The van der Waals surface area contributed by atoms with Gasteiger partial charge in [-0.25, -0.2) is 12.8 Å². The summed E-state index contributed by atoms with van der Waals surface area (Å²) in [5.74, 6) is 0.505. The van der Waals surface area contributed by atoms with Gasteiger partial charge in [-0.2, -0.15) is 11.8 Å². The largest absolute Gasteiger partial charge is 0.351 e. The number of anilines is 1. The summed E-state index contributed by atoms with van der Waals surface area (Å²) in [5.41, 5.74) is 2.14. The quantitative estimate of drug-likeness (QED) is 0.462. The molecule has 5 nitrogen and oxygen atoms in total. The van der Waals surface area contributed by atoms with Gasteiger partial charge in [0.05, 0.1) is 16.1 Å². The average Bonchev–Trinajstić information content (AvgIpc) is 2.79. The summed E-state index contributed by atoms with van der Waals surface area (Å²) in [7, 11) is -2.38. The van der Waals surface area contributed by atoms with E-state index >= 15 is 0 Å². The second kappa shape index (κ2) is 10.7. The summed E-state index contributed by atoms with van der Waals surface area (Å²) < 4.78 is 40.9. The maximum Gasteiger partial charge on any atom is 0.264 e. The molecule has 0 heterocycles. The Hall–Kier alpha value is -2.84. The van der Waals surface area contributed by atoms with Crippen LogP contribution >= 0.6 is 11.8 Å². The molecule has 0 unspecified atom stereocenters. The van der Waals surface area contributed by atoms with E-state index in [-0.39, 0.29) is 22.2 Å². The lowest BCUT2D eigenvalue weighted by Gasteiger charge is -2.22. The van der Waals surface area contributed by atoms with Crippen LogP contribution in [0.5, 0.6) is 0 Å². The summed E-state index contributed by atoms with van der Waals surface area (Å²) >= 11 is 1.51. The number of nitrogens with zero attached hydrogens (tertiary/aromatic N) is 1. The fourth-order valence-electron chi connectivity index (χ4n) is 3.07. The second-order valence-electron chi connectivity index (χ2n) is 7.20. The highest BCUT2D eigenvalue weighted by Crippen LogP contribution is 2.26. The first-order valence-electron chi connectivity index (χ1n) is 10.0. The van der Waals surface area contributed by atoms with Crippen LogP contribution in [0.2, 0.25) is 0 Å². The Labute approximate surface area is 192 Å². The maximum atomic E-state index is 13.7. The van der Waals surface area contributed by atoms with Gasteiger partial charge in [-0.15, -0.1) is 0 Å². The van der Waals surface area contributed by atoms with Crippen LogP contribution in [0.25, 0.3) is 0 Å². The van der Waals surface area contributed by atoms with Gasteiger partial charge in [0.25, 0.3) is 15.9 Å². The monoisotopic (exact) mass is 472 g/mol. The molecule has 0 bridgehead atoms. The molecule has 0 aliphatic carbocycles. The van der Waals surface area contributed by atoms with E-state index in [0.29, 0.717) is 29.3 Å². The smallest absolute Gasteiger partial charge is 0.264 e. The van der Waals surface area contributed by atoms with Crippen LogP contribution in [0, 0.1) is 12.7 Å². The summed E-state index contributed by atoms with van der Waals surface area (Å²) in [5, 5.41) is 2.82. The highest BCUT2D eigenvalue weighted by molar-refractivity contribution is 7.98. The summed E-state index contributed by atoms with van der Waals surface area (Å²) in [6, 6.07) is 19.8. The van der Waals surface area contributed by atoms with Gasteiger partial charge in [-0.05, 0) is 42.8 Å². The van der Waals surface area contributed by atoms with Crippen LogP contribution in [0.1, 0.15) is 21.5 Å². The molecular weight excluding hydrogens is 447 g/mol. The number of aryl methyl sites for hydroxylation is 1. The first-order chi connectivity index (χ1) is 15.3. The first kappa shape index (κ1) is 23.8. The van der Waals surface area contributed by atoms with Crippen LogP contribution in [0.15, 0.2) is 77.7 Å². The number of rotatable bonds is 9. The number of benzene rings is 3. The van der Waals surface area contributed by atoms with E-state index in [1.807, 2.05) is 6.92 Å². The Kier molecular flexibility index (Phi) is 7.93. The number of amides is 1. The Bertz CT molecular complexity index is 1180. The molecular formula is C24H25FN2O3S2. The molecule has 0 spiro atoms. The molecule has 0 aliphatic heterocycles. The predicted octanol–water partition coefficient (Wildman–Crippen LogP) is 4.62. The molecule has 168 valence electrons. The molecule has 0 saturated heterocycles. The standard InChI is InChI=1S/C24H25FN2O3S2/c1-18-11-13-20(14-12-18)32(29,30)27(2)23-10-6-4-8-21(23)24(28)26-15-16-31-17-19-7-3-5-9-22(19)25/h3-14H,15-17H2,1-2H3,(H,26,28). The lowest BCUT2D eigenvalue weighted by molar-refractivity contribution is 0.0957. The van der Waals surface area contributed by atoms with Crippen molar-refractivity contribution >= 4 is 33.4 Å². The Balaban J connectivity index is 1.64. The van der Waals surface area contributed by atoms with Gasteiger partial charge >= 0.3 is 0 Å². The number of sulfonamides is 1. The molecule has 0 saturated carbocycles. The van der Waals surface area contributed by atoms with Gasteiger partial charge in [0.1, 0.15) is 5.82 Å². The lowest BCUT2D eigenvalue weighted by Crippen LogP contribution is -2.31. The number of hydrogen-bond acceptors (Lipinski definition) is 4. The molecule has 1 N–H and O–H groups in total. The van der Waals surface area contributed by atoms with Crippen molar-refractivity contribution in [1.82, 2.24) is 5.32 Å². The molecule has 0 aromatic heterocycles. The van der Waals surface area contributed by atoms with E-state index in [1.54, 1.807) is 66.7 Å². The third-order valence-electron chi connectivity index (χ3n) is 4.91. The van der Waals surface area contributed by atoms with Gasteiger partial charge in [0, 0.05) is 25.1 Å². The zero-order valence-electron chi connectivity index (χ0n) is 17.9. The van der Waals surface area contributed by atoms with Crippen LogP contribution in [0.3, 0.4) is 0 Å². The van der Waals surface area contributed by atoms with Gasteiger partial charge in [0.2, 0.25) is 0 Å². The third kappa shape index (κ3) is 5.69. The van der Waals surface area contributed by atoms with Crippen molar-refractivity contribution in [3.8, 4) is 0 Å². The molecule has 3 aromatic rings. The zero-order valence-corrected chi connectivity index (χ0v) is 19.5. The van der Waals surface area contributed by atoms with Crippen LogP contribution in [0.4, 0.5) is 10.1 Å². The topological polar surface area (TPSA) is 66.5 Å². The van der Waals surface area contributed by atoms with Crippen LogP contribution in [-0.4, -0.2) is 33.7 Å². The lowest BCUT2D eigenvalue weighted by atomic mass is 10.1. The number of carbonyl (C=O) groups excluding carboxylic acids is 1. The number of halogens is 1. The first-order valence-corrected chi connectivity index (χ1v) is 12.6. The number of nitrogens with one attached hydrogen (secondary N) is 1. The Morgan fingerprint density at radius 2 is 1.66 bits per heavy atom. The Morgan fingerprint density at radius 3 is 2.38 bits per heavy atom. The second-order valence-corrected chi connectivity index (χ2v) is 10.3. The van der Waals surface area contributed by atoms with E-state index in [4.69, 9.17) is 0 Å². The van der Waals surface area contributed by atoms with Crippen molar-refractivity contribution in [3.05, 3.63) is 95.3 Å². The molecule has 0 fully saturated rings. The fourth-order valence-corrected chi connectivity index (χ4v) is 5.13. The minimum absolute atomic E-state index is 0.158. The molecule has 8 heteroatoms. The van der Waals surface area contributed by atoms with Gasteiger partial charge in [-0.1, -0.05) is 48.0 Å². The number of hydrogen-bond donors (Lipinski definition) is 1. The minimum atomic E-state index is -3.81. The number of para-hydroxylation sites is 1. The summed E-state index contributed by atoms with van der Waals surface area (Å²) in [6.07, 6.45) is 0. The molecule has 0 aliphatic rings. The number of thioether (sulfide) groups is 1. The molecule has 1 amide bonds. The fraction of sp³-hybridized carbons (Fsp3) is 0.208. The van der Waals surface area contributed by atoms with Gasteiger partial charge in [-0.3, -0.25) is 9.10 Å². The van der Waals surface area contributed by atoms with Crippen molar-refractivity contribution in [2.24, 2.45) is 0 Å². The molecule has 3 aromatic carbocycles. The van der Waals surface area contributed by atoms with E-state index in [2.05, 4.69) is 5.32 Å². The zero-order chi connectivity index (χ0) is 23.1. The van der Waals surface area contributed by atoms with Crippen molar-refractivity contribution in [2.45, 2.75) is 17.6 Å². The molecule has 3 rings (SSSR count). The van der Waals surface area contributed by atoms with Gasteiger partial charge in [0.15, 0.2) is 0 Å². The van der Waals surface area contributed by atoms with Crippen molar-refractivity contribution < 1.29 is 17.6 Å². The highest BCUT2D eigenvalue weighted by atomic mass is 32.2. The third-order valence-corrected chi connectivity index (χ3v) is 7.71. The maximum absolute atomic E-state index is 13.7. The average molecular weight is 473 g/mol. The SMILES string of the molecule is Cc1ccc(S(=O)(=O)N(C)c2ccccc2C(=O)NCCSCc2ccccc2F)cc1. The van der Waals surface area contributed by atoms with Gasteiger partial charge < -0.3 is 5.32 Å². The predicted molar refractivity (Wildman–Crippen MR) is 128 cm³/mol. The van der Waals surface area contributed by atoms with Crippen LogP contribution in [-0.2, 0) is 15.8 Å². The van der Waals surface area contributed by atoms with Crippen LogP contribution < -0.4 is 9.62 Å². The molecule has 0 radical (unpaired) electrons. The highest BCUT2D eigenvalue weighted by Gasteiger charge is 2.24. The van der Waals surface area contributed by atoms with E-state index in [0.717, 1.165) is 9.87 Å². The number of carbonyl (C=O) groups is 1. The van der Waals surface area contributed by atoms with Crippen molar-refractivity contribution in [2.75, 3.05) is 23.7 Å². The van der Waals surface area contributed by atoms with E-state index < -0.39 is 10.0 Å². The summed E-state index contributed by atoms with van der Waals surface area (Å²) in [4.78, 5) is 12.9. The molecule has 0 atom stereocenters. The van der Waals surface area contributed by atoms with E-state index in [1.165, 1.54) is 24.9 Å². The summed E-state index contributed by atoms with van der Waals surface area (Å²) in [6.45, 7) is 2.26. The normalized spacial score (nSPS) is 11.2.